The zero-order valence-electron chi connectivity index (χ0n) is 10.0. The normalized spacial score (nSPS) is 17.7. The van der Waals surface area contributed by atoms with E-state index in [-0.39, 0.29) is 5.91 Å². The Bertz CT molecular complexity index is 173. The molecule has 0 heterocycles. The maximum absolute atomic E-state index is 11.4. The number of unbranched alkanes of at least 4 members (excludes halogenated alkanes) is 1. The molecule has 1 amide bonds. The number of amides is 1. The summed E-state index contributed by atoms with van der Waals surface area (Å²) in [5.41, 5.74) is 0. The highest BCUT2D eigenvalue weighted by molar-refractivity contribution is 5.75. The molecule has 1 radical (unpaired) electrons. The van der Waals surface area contributed by atoms with E-state index >= 15 is 0 Å². The van der Waals surface area contributed by atoms with E-state index in [1.54, 1.807) is 0 Å². The van der Waals surface area contributed by atoms with Gasteiger partial charge in [-0.3, -0.25) is 10.1 Å². The SMILES string of the molecule is CCCC[N]C(=O)CCC1CCCCC1. The minimum Gasteiger partial charge on any atom is -0.273 e. The summed E-state index contributed by atoms with van der Waals surface area (Å²) < 4.78 is 0. The third-order valence-electron chi connectivity index (χ3n) is 3.29. The smallest absolute Gasteiger partial charge is 0.241 e. The molecule has 0 atom stereocenters. The predicted molar refractivity (Wildman–Crippen MR) is 62.7 cm³/mol. The van der Waals surface area contributed by atoms with Crippen molar-refractivity contribution >= 4 is 5.91 Å². The van der Waals surface area contributed by atoms with Gasteiger partial charge in [-0.05, 0) is 18.8 Å². The molecule has 0 spiro atoms. The Hall–Kier alpha value is -0.530. The van der Waals surface area contributed by atoms with Crippen molar-refractivity contribution in [2.45, 2.75) is 64.7 Å². The summed E-state index contributed by atoms with van der Waals surface area (Å²) >= 11 is 0. The van der Waals surface area contributed by atoms with Crippen LogP contribution in [0.5, 0.6) is 0 Å². The maximum atomic E-state index is 11.4. The summed E-state index contributed by atoms with van der Waals surface area (Å²) in [5.74, 6) is 0.943. The van der Waals surface area contributed by atoms with Gasteiger partial charge in [0.25, 0.3) is 0 Å². The Kier molecular flexibility index (Phi) is 6.45. The zero-order chi connectivity index (χ0) is 10.9. The largest absolute Gasteiger partial charge is 0.273 e. The quantitative estimate of drug-likeness (QED) is 0.619. The van der Waals surface area contributed by atoms with Crippen molar-refractivity contribution in [2.24, 2.45) is 5.92 Å². The van der Waals surface area contributed by atoms with Gasteiger partial charge in [0.05, 0.1) is 0 Å². The van der Waals surface area contributed by atoms with Crippen molar-refractivity contribution in [1.29, 1.82) is 0 Å². The van der Waals surface area contributed by atoms with Crippen LogP contribution in [-0.4, -0.2) is 12.5 Å². The van der Waals surface area contributed by atoms with Gasteiger partial charge in [-0.25, -0.2) is 0 Å². The van der Waals surface area contributed by atoms with Gasteiger partial charge in [-0.15, -0.1) is 0 Å². The minimum absolute atomic E-state index is 0.133. The molecule has 1 aliphatic carbocycles. The van der Waals surface area contributed by atoms with Crippen LogP contribution in [0.15, 0.2) is 0 Å². The highest BCUT2D eigenvalue weighted by Gasteiger charge is 2.14. The topological polar surface area (TPSA) is 31.2 Å². The molecule has 1 rings (SSSR count). The maximum Gasteiger partial charge on any atom is 0.241 e. The first-order valence-electron chi connectivity index (χ1n) is 6.53. The molecule has 87 valence electrons. The van der Waals surface area contributed by atoms with E-state index in [0.717, 1.165) is 31.7 Å². The molecule has 1 fully saturated rings. The lowest BCUT2D eigenvalue weighted by Gasteiger charge is -2.20. The molecule has 0 unspecified atom stereocenters. The van der Waals surface area contributed by atoms with Crippen molar-refractivity contribution in [3.63, 3.8) is 0 Å². The molecule has 0 aromatic rings. The van der Waals surface area contributed by atoms with Crippen LogP contribution in [0.1, 0.15) is 64.7 Å². The number of nitrogens with zero attached hydrogens (tertiary/aromatic N) is 1. The lowest BCUT2D eigenvalue weighted by molar-refractivity contribution is -0.121. The Morgan fingerprint density at radius 1 is 1.27 bits per heavy atom. The zero-order valence-corrected chi connectivity index (χ0v) is 10.0. The molecule has 15 heavy (non-hydrogen) atoms. The van der Waals surface area contributed by atoms with Crippen molar-refractivity contribution in [3.8, 4) is 0 Å². The summed E-state index contributed by atoms with van der Waals surface area (Å²) in [4.78, 5) is 11.4. The lowest BCUT2D eigenvalue weighted by Crippen LogP contribution is -2.18. The molecular weight excluding hydrogens is 186 g/mol. The third kappa shape index (κ3) is 5.81. The molecular formula is C13H24NO. The molecule has 0 N–H and O–H groups in total. The van der Waals surface area contributed by atoms with Crippen LogP contribution in [0.4, 0.5) is 0 Å². The first kappa shape index (κ1) is 12.5. The standard InChI is InChI=1S/C13H24NO/c1-2-3-11-14-13(15)10-9-12-7-5-4-6-8-12/h12H,2-11H2,1H3. The number of hydrogen-bond acceptors (Lipinski definition) is 1. The van der Waals surface area contributed by atoms with Crippen LogP contribution in [0.3, 0.4) is 0 Å². The number of carbonyl (C=O) groups excluding carboxylic acids is 1. The lowest BCUT2D eigenvalue weighted by atomic mass is 9.86. The minimum atomic E-state index is 0.133. The van der Waals surface area contributed by atoms with Gasteiger partial charge < -0.3 is 0 Å². The van der Waals surface area contributed by atoms with Gasteiger partial charge in [0.1, 0.15) is 0 Å². The Morgan fingerprint density at radius 2 is 2.00 bits per heavy atom. The van der Waals surface area contributed by atoms with Crippen LogP contribution < -0.4 is 5.32 Å². The fourth-order valence-corrected chi connectivity index (χ4v) is 2.24. The fraction of sp³-hybridized carbons (Fsp3) is 0.923. The van der Waals surface area contributed by atoms with E-state index in [4.69, 9.17) is 0 Å². The van der Waals surface area contributed by atoms with Crippen LogP contribution in [0.25, 0.3) is 0 Å². The summed E-state index contributed by atoms with van der Waals surface area (Å²) in [7, 11) is 0. The van der Waals surface area contributed by atoms with E-state index in [9.17, 15) is 4.79 Å². The van der Waals surface area contributed by atoms with Crippen LogP contribution in [0, 0.1) is 5.92 Å². The van der Waals surface area contributed by atoms with Crippen molar-refractivity contribution < 1.29 is 4.79 Å². The molecule has 0 aromatic carbocycles. The van der Waals surface area contributed by atoms with Gasteiger partial charge >= 0.3 is 0 Å². The van der Waals surface area contributed by atoms with Crippen LogP contribution >= 0.6 is 0 Å². The third-order valence-corrected chi connectivity index (χ3v) is 3.29. The molecule has 0 aliphatic heterocycles. The van der Waals surface area contributed by atoms with Crippen LogP contribution in [0.2, 0.25) is 0 Å². The second kappa shape index (κ2) is 7.72. The van der Waals surface area contributed by atoms with Crippen molar-refractivity contribution in [3.05, 3.63) is 0 Å². The molecule has 1 saturated carbocycles. The molecule has 0 saturated heterocycles. The first-order chi connectivity index (χ1) is 7.33. The van der Waals surface area contributed by atoms with E-state index < -0.39 is 0 Å². The Labute approximate surface area is 93.8 Å². The second-order valence-electron chi connectivity index (χ2n) is 4.67. The number of carbonyl (C=O) groups is 1. The average Bonchev–Trinajstić information content (AvgIpc) is 2.28. The Balaban J connectivity index is 2.00. The average molecular weight is 210 g/mol. The molecule has 0 bridgehead atoms. The fourth-order valence-electron chi connectivity index (χ4n) is 2.24. The van der Waals surface area contributed by atoms with E-state index in [1.165, 1.54) is 32.1 Å². The molecule has 0 aromatic heterocycles. The molecule has 1 aliphatic rings. The molecule has 2 heteroatoms. The molecule has 2 nitrogen and oxygen atoms in total. The number of hydrogen-bond donors (Lipinski definition) is 0. The predicted octanol–water partition coefficient (Wildman–Crippen LogP) is 3.28. The highest BCUT2D eigenvalue weighted by Crippen LogP contribution is 2.27. The second-order valence-corrected chi connectivity index (χ2v) is 4.67. The monoisotopic (exact) mass is 210 g/mol. The summed E-state index contributed by atoms with van der Waals surface area (Å²) in [6.07, 6.45) is 10.7. The van der Waals surface area contributed by atoms with Crippen LogP contribution in [-0.2, 0) is 4.79 Å². The Morgan fingerprint density at radius 3 is 2.67 bits per heavy atom. The summed E-state index contributed by atoms with van der Waals surface area (Å²) in [6, 6.07) is 0. The van der Waals surface area contributed by atoms with Crippen molar-refractivity contribution in [2.75, 3.05) is 6.54 Å². The highest BCUT2D eigenvalue weighted by atomic mass is 16.1. The first-order valence-corrected chi connectivity index (χ1v) is 6.53. The van der Waals surface area contributed by atoms with E-state index in [2.05, 4.69) is 12.2 Å². The van der Waals surface area contributed by atoms with Gasteiger partial charge in [0.2, 0.25) is 5.91 Å². The van der Waals surface area contributed by atoms with Gasteiger partial charge in [-0.1, -0.05) is 45.4 Å². The summed E-state index contributed by atoms with van der Waals surface area (Å²) in [5, 5.41) is 4.06. The number of rotatable bonds is 6. The van der Waals surface area contributed by atoms with E-state index in [1.807, 2.05) is 0 Å². The van der Waals surface area contributed by atoms with E-state index in [0.29, 0.717) is 6.42 Å². The summed E-state index contributed by atoms with van der Waals surface area (Å²) in [6.45, 7) is 2.86. The van der Waals surface area contributed by atoms with Gasteiger partial charge in [0.15, 0.2) is 0 Å². The van der Waals surface area contributed by atoms with Crippen molar-refractivity contribution in [1.82, 2.24) is 5.32 Å². The van der Waals surface area contributed by atoms with Gasteiger partial charge in [0, 0.05) is 13.0 Å². The van der Waals surface area contributed by atoms with Gasteiger partial charge in [-0.2, -0.15) is 0 Å².